The molecule has 0 fully saturated rings. The highest BCUT2D eigenvalue weighted by Gasteiger charge is 2.13. The average molecular weight is 163 g/mol. The molecule has 0 heterocycles. The third kappa shape index (κ3) is 3.29. The molecule has 0 rings (SSSR count). The third-order valence-electron chi connectivity index (χ3n) is 0.810. The quantitative estimate of drug-likeness (QED) is 0.381. The molecule has 0 N–H and O–H groups in total. The molecular formula is C5H9NO5. The molecule has 0 saturated carbocycles. The summed E-state index contributed by atoms with van der Waals surface area (Å²) in [6.45, 7) is 0. The van der Waals surface area contributed by atoms with E-state index < -0.39 is 12.2 Å². The van der Waals surface area contributed by atoms with Crippen molar-refractivity contribution < 1.29 is 23.9 Å². The average Bonchev–Trinajstić information content (AvgIpc) is 2.02. The molecule has 0 radical (unpaired) electrons. The number of methoxy groups -OCH3 is 2. The summed E-state index contributed by atoms with van der Waals surface area (Å²) in [6.07, 6.45) is -1.76. The van der Waals surface area contributed by atoms with E-state index in [2.05, 4.69) is 14.3 Å². The van der Waals surface area contributed by atoms with Gasteiger partial charge in [0.15, 0.2) is 0 Å². The Kier molecular flexibility index (Phi) is 3.79. The van der Waals surface area contributed by atoms with E-state index in [0.717, 1.165) is 7.11 Å². The molecule has 0 unspecified atom stereocenters. The first kappa shape index (κ1) is 9.54. The Morgan fingerprint density at radius 1 is 1.18 bits per heavy atom. The predicted molar refractivity (Wildman–Crippen MR) is 33.7 cm³/mol. The lowest BCUT2D eigenvalue weighted by molar-refractivity contribution is -0.0869. The zero-order valence-corrected chi connectivity index (χ0v) is 6.49. The lowest BCUT2D eigenvalue weighted by Gasteiger charge is -2.12. The largest absolute Gasteiger partial charge is 0.533 e. The fraction of sp³-hybridized carbons (Fsp3) is 0.600. The van der Waals surface area contributed by atoms with Gasteiger partial charge in [-0.15, -0.1) is 5.06 Å². The van der Waals surface area contributed by atoms with Crippen molar-refractivity contribution >= 4 is 12.2 Å². The third-order valence-corrected chi connectivity index (χ3v) is 0.810. The van der Waals surface area contributed by atoms with Crippen LogP contribution < -0.4 is 0 Å². The summed E-state index contributed by atoms with van der Waals surface area (Å²) in [4.78, 5) is 25.1. The van der Waals surface area contributed by atoms with E-state index >= 15 is 0 Å². The monoisotopic (exact) mass is 163 g/mol. The minimum absolute atomic E-state index is 0.617. The van der Waals surface area contributed by atoms with E-state index in [0.29, 0.717) is 5.06 Å². The fourth-order valence-corrected chi connectivity index (χ4v) is 0.315. The molecule has 0 aliphatic carbocycles. The molecule has 6 heteroatoms. The van der Waals surface area contributed by atoms with Gasteiger partial charge < -0.3 is 14.3 Å². The maximum atomic E-state index is 10.5. The minimum atomic E-state index is -0.974. The van der Waals surface area contributed by atoms with Crippen molar-refractivity contribution in [2.75, 3.05) is 21.3 Å². The molecule has 1 amide bonds. The number of hydrogen-bond donors (Lipinski definition) is 0. The maximum absolute atomic E-state index is 10.5. The number of carbonyl (C=O) groups is 2. The van der Waals surface area contributed by atoms with E-state index in [1.807, 2.05) is 0 Å². The molecule has 0 saturated heterocycles. The Morgan fingerprint density at radius 3 is 2.09 bits per heavy atom. The van der Waals surface area contributed by atoms with Gasteiger partial charge in [0.1, 0.15) is 0 Å². The van der Waals surface area contributed by atoms with Gasteiger partial charge in [-0.1, -0.05) is 0 Å². The summed E-state index contributed by atoms with van der Waals surface area (Å²) in [6, 6.07) is 0. The molecule has 6 nitrogen and oxygen atoms in total. The topological polar surface area (TPSA) is 65.1 Å². The van der Waals surface area contributed by atoms with Crippen molar-refractivity contribution in [2.24, 2.45) is 0 Å². The Morgan fingerprint density at radius 2 is 1.73 bits per heavy atom. The summed E-state index contributed by atoms with van der Waals surface area (Å²) in [5.41, 5.74) is 0. The summed E-state index contributed by atoms with van der Waals surface area (Å²) in [5, 5.41) is 0.617. The van der Waals surface area contributed by atoms with E-state index in [1.165, 1.54) is 14.2 Å². The van der Waals surface area contributed by atoms with E-state index in [-0.39, 0.29) is 0 Å². The summed E-state index contributed by atoms with van der Waals surface area (Å²) >= 11 is 0. The molecule has 0 aromatic heterocycles. The van der Waals surface area contributed by atoms with Crippen LogP contribution in [-0.2, 0) is 14.3 Å². The Balaban J connectivity index is 3.77. The first-order valence-corrected chi connectivity index (χ1v) is 2.69. The highest BCUT2D eigenvalue weighted by molar-refractivity contribution is 5.68. The van der Waals surface area contributed by atoms with Crippen molar-refractivity contribution in [1.29, 1.82) is 0 Å². The minimum Gasteiger partial charge on any atom is -0.451 e. The SMILES string of the molecule is COC(=O)ON(C)C(=O)OC. The Bertz CT molecular complexity index is 157. The van der Waals surface area contributed by atoms with Crippen molar-refractivity contribution in [2.45, 2.75) is 0 Å². The fourth-order valence-electron chi connectivity index (χ4n) is 0.315. The van der Waals surface area contributed by atoms with Gasteiger partial charge >= 0.3 is 12.2 Å². The zero-order chi connectivity index (χ0) is 8.85. The van der Waals surface area contributed by atoms with Crippen LogP contribution in [0.15, 0.2) is 0 Å². The van der Waals surface area contributed by atoms with Gasteiger partial charge in [0.2, 0.25) is 0 Å². The van der Waals surface area contributed by atoms with Gasteiger partial charge in [0, 0.05) is 0 Å². The first-order valence-electron chi connectivity index (χ1n) is 2.69. The van der Waals surface area contributed by atoms with Crippen LogP contribution in [0.25, 0.3) is 0 Å². The molecule has 0 atom stereocenters. The number of hydroxylamine groups is 2. The summed E-state index contributed by atoms with van der Waals surface area (Å²) in [5.74, 6) is 0. The number of amides is 1. The van der Waals surface area contributed by atoms with Crippen molar-refractivity contribution in [3.63, 3.8) is 0 Å². The number of carbonyl (C=O) groups excluding carboxylic acids is 2. The molecule has 0 aliphatic rings. The lowest BCUT2D eigenvalue weighted by atomic mass is 11.0. The number of nitrogens with zero attached hydrogens (tertiary/aromatic N) is 1. The van der Waals surface area contributed by atoms with Crippen LogP contribution >= 0.6 is 0 Å². The van der Waals surface area contributed by atoms with Crippen LogP contribution in [-0.4, -0.2) is 38.6 Å². The van der Waals surface area contributed by atoms with Crippen LogP contribution in [0.3, 0.4) is 0 Å². The first-order chi connectivity index (χ1) is 5.11. The zero-order valence-electron chi connectivity index (χ0n) is 6.49. The maximum Gasteiger partial charge on any atom is 0.533 e. The van der Waals surface area contributed by atoms with Crippen molar-refractivity contribution in [3.8, 4) is 0 Å². The normalized spacial score (nSPS) is 8.27. The molecule has 11 heavy (non-hydrogen) atoms. The van der Waals surface area contributed by atoms with Gasteiger partial charge in [-0.2, -0.15) is 0 Å². The predicted octanol–water partition coefficient (Wildman–Crippen LogP) is 0.383. The second-order valence-electron chi connectivity index (χ2n) is 1.51. The summed E-state index contributed by atoms with van der Waals surface area (Å²) in [7, 11) is 3.52. The standard InChI is InChI=1S/C5H9NO5/c1-6(4(7)9-2)11-5(8)10-3/h1-3H3. The molecule has 0 bridgehead atoms. The Hall–Kier alpha value is -1.46. The van der Waals surface area contributed by atoms with Crippen LogP contribution in [0.4, 0.5) is 9.59 Å². The molecule has 0 aliphatic heterocycles. The van der Waals surface area contributed by atoms with E-state index in [4.69, 9.17) is 0 Å². The van der Waals surface area contributed by atoms with Gasteiger partial charge in [0.05, 0.1) is 21.3 Å². The highest BCUT2D eigenvalue weighted by Crippen LogP contribution is 1.91. The molecular weight excluding hydrogens is 154 g/mol. The summed E-state index contributed by atoms with van der Waals surface area (Å²) < 4.78 is 8.32. The van der Waals surface area contributed by atoms with Crippen molar-refractivity contribution in [3.05, 3.63) is 0 Å². The van der Waals surface area contributed by atoms with Crippen molar-refractivity contribution in [1.82, 2.24) is 5.06 Å². The number of rotatable bonds is 0. The van der Waals surface area contributed by atoms with Crippen LogP contribution in [0.5, 0.6) is 0 Å². The van der Waals surface area contributed by atoms with Gasteiger partial charge in [-0.3, -0.25) is 0 Å². The lowest BCUT2D eigenvalue weighted by Crippen LogP contribution is -2.29. The van der Waals surface area contributed by atoms with Gasteiger partial charge in [-0.25, -0.2) is 9.59 Å². The van der Waals surface area contributed by atoms with E-state index in [1.54, 1.807) is 0 Å². The second kappa shape index (κ2) is 4.37. The van der Waals surface area contributed by atoms with Crippen LogP contribution in [0.2, 0.25) is 0 Å². The second-order valence-corrected chi connectivity index (χ2v) is 1.51. The molecule has 0 spiro atoms. The molecule has 64 valence electrons. The Labute approximate surface area is 63.6 Å². The van der Waals surface area contributed by atoms with Gasteiger partial charge in [0.25, 0.3) is 0 Å². The number of hydrogen-bond acceptors (Lipinski definition) is 5. The highest BCUT2D eigenvalue weighted by atomic mass is 16.8. The van der Waals surface area contributed by atoms with Crippen LogP contribution in [0.1, 0.15) is 0 Å². The van der Waals surface area contributed by atoms with Gasteiger partial charge in [-0.05, 0) is 0 Å². The van der Waals surface area contributed by atoms with E-state index in [9.17, 15) is 9.59 Å². The smallest absolute Gasteiger partial charge is 0.451 e. The molecule has 0 aromatic rings. The molecule has 0 aromatic carbocycles. The van der Waals surface area contributed by atoms with Crippen LogP contribution in [0, 0.1) is 0 Å². The number of ether oxygens (including phenoxy) is 2.